The third kappa shape index (κ3) is 3.01. The molecular formula is C20H17N3O8. The normalized spacial score (nSPS) is 24.7. The molecule has 0 spiro atoms. The quantitative estimate of drug-likeness (QED) is 0.306. The van der Waals surface area contributed by atoms with Crippen LogP contribution in [0.15, 0.2) is 48.5 Å². The Morgan fingerprint density at radius 1 is 1.16 bits per heavy atom. The summed E-state index contributed by atoms with van der Waals surface area (Å²) >= 11 is 0. The Hall–Kier alpha value is -3.86. The monoisotopic (exact) mass is 427 g/mol. The number of methoxy groups -OCH3 is 1. The number of nitro groups is 2. The SMILES string of the molecule is COC(=O)[C@]1(c2ccc([N+](=O)[O-])cc2[N+](=O)[O-])C[C@@H]2CO[C@H](c3ccccc3)N2C1=O. The number of hydrogen-bond donors (Lipinski definition) is 0. The van der Waals surface area contributed by atoms with Crippen molar-refractivity contribution < 1.29 is 28.9 Å². The van der Waals surface area contributed by atoms with E-state index < -0.39 is 50.8 Å². The molecule has 160 valence electrons. The number of benzene rings is 2. The van der Waals surface area contributed by atoms with Crippen molar-refractivity contribution in [1.29, 1.82) is 0 Å². The van der Waals surface area contributed by atoms with E-state index in [9.17, 15) is 29.8 Å². The molecular weight excluding hydrogens is 410 g/mol. The number of nitro benzene ring substituents is 2. The molecule has 2 heterocycles. The van der Waals surface area contributed by atoms with Gasteiger partial charge in [-0.25, -0.2) is 0 Å². The van der Waals surface area contributed by atoms with Crippen LogP contribution in [0.1, 0.15) is 23.8 Å². The van der Waals surface area contributed by atoms with Crippen LogP contribution in [-0.4, -0.2) is 46.4 Å². The summed E-state index contributed by atoms with van der Waals surface area (Å²) in [6, 6.07) is 11.3. The summed E-state index contributed by atoms with van der Waals surface area (Å²) in [5, 5.41) is 22.8. The van der Waals surface area contributed by atoms with Gasteiger partial charge in [0.2, 0.25) is 5.91 Å². The van der Waals surface area contributed by atoms with E-state index in [0.29, 0.717) is 5.56 Å². The van der Waals surface area contributed by atoms with Gasteiger partial charge in [0.1, 0.15) is 0 Å². The van der Waals surface area contributed by atoms with Gasteiger partial charge >= 0.3 is 5.97 Å². The van der Waals surface area contributed by atoms with Crippen molar-refractivity contribution in [3.05, 3.63) is 79.9 Å². The molecule has 2 aromatic rings. The average molecular weight is 427 g/mol. The van der Waals surface area contributed by atoms with E-state index in [1.54, 1.807) is 30.3 Å². The second-order valence-electron chi connectivity index (χ2n) is 7.28. The van der Waals surface area contributed by atoms with E-state index in [1.165, 1.54) is 4.90 Å². The fraction of sp³-hybridized carbons (Fsp3) is 0.300. The number of carbonyl (C=O) groups excluding carboxylic acids is 2. The standard InChI is InChI=1S/C20H17N3O8/c1-30-19(25)20(15-8-7-13(22(26)27)9-16(15)23(28)29)10-14-11-31-17(21(14)18(20)24)12-5-3-2-4-6-12/h2-9,14,17H,10-11H2,1H3/t14-,17-,20+/m1/s1. The highest BCUT2D eigenvalue weighted by Crippen LogP contribution is 2.50. The highest BCUT2D eigenvalue weighted by Gasteiger charge is 2.64. The molecule has 2 aromatic carbocycles. The van der Waals surface area contributed by atoms with Gasteiger partial charge in [-0.2, -0.15) is 0 Å². The first-order chi connectivity index (χ1) is 14.8. The fourth-order valence-corrected chi connectivity index (χ4v) is 4.35. The van der Waals surface area contributed by atoms with Crippen molar-refractivity contribution >= 4 is 23.3 Å². The lowest BCUT2D eigenvalue weighted by molar-refractivity contribution is -0.394. The van der Waals surface area contributed by atoms with Gasteiger partial charge in [-0.3, -0.25) is 29.8 Å². The Kier molecular flexibility index (Phi) is 4.90. The number of carbonyl (C=O) groups is 2. The lowest BCUT2D eigenvalue weighted by atomic mass is 9.76. The van der Waals surface area contributed by atoms with Gasteiger partial charge < -0.3 is 14.4 Å². The maximum absolute atomic E-state index is 13.7. The molecule has 4 rings (SSSR count). The van der Waals surface area contributed by atoms with Gasteiger partial charge in [-0.1, -0.05) is 30.3 Å². The third-order valence-electron chi connectivity index (χ3n) is 5.70. The van der Waals surface area contributed by atoms with Gasteiger partial charge in [-0.15, -0.1) is 0 Å². The summed E-state index contributed by atoms with van der Waals surface area (Å²) < 4.78 is 10.7. The largest absolute Gasteiger partial charge is 0.468 e. The zero-order valence-electron chi connectivity index (χ0n) is 16.3. The molecule has 1 amide bonds. The summed E-state index contributed by atoms with van der Waals surface area (Å²) in [4.78, 5) is 49.2. The van der Waals surface area contributed by atoms with E-state index in [-0.39, 0.29) is 18.6 Å². The lowest BCUT2D eigenvalue weighted by Crippen LogP contribution is -2.46. The predicted molar refractivity (Wildman–Crippen MR) is 104 cm³/mol. The minimum absolute atomic E-state index is 0.111. The molecule has 31 heavy (non-hydrogen) atoms. The van der Waals surface area contributed by atoms with Crippen LogP contribution >= 0.6 is 0 Å². The van der Waals surface area contributed by atoms with Crippen molar-refractivity contribution in [2.75, 3.05) is 13.7 Å². The summed E-state index contributed by atoms with van der Waals surface area (Å²) in [6.07, 6.45) is -0.872. The van der Waals surface area contributed by atoms with Crippen molar-refractivity contribution in [3.63, 3.8) is 0 Å². The Labute approximate surface area is 175 Å². The minimum Gasteiger partial charge on any atom is -0.468 e. The second-order valence-corrected chi connectivity index (χ2v) is 7.28. The number of non-ortho nitro benzene ring substituents is 1. The number of nitrogens with zero attached hydrogens (tertiary/aromatic N) is 3. The Bertz CT molecular complexity index is 1090. The van der Waals surface area contributed by atoms with Crippen molar-refractivity contribution in [2.24, 2.45) is 0 Å². The first-order valence-electron chi connectivity index (χ1n) is 9.32. The van der Waals surface area contributed by atoms with Gasteiger partial charge in [0, 0.05) is 11.6 Å². The second kappa shape index (κ2) is 7.43. The fourth-order valence-electron chi connectivity index (χ4n) is 4.35. The molecule has 0 aromatic heterocycles. The van der Waals surface area contributed by atoms with Crippen molar-refractivity contribution in [1.82, 2.24) is 4.90 Å². The highest BCUT2D eigenvalue weighted by molar-refractivity contribution is 6.11. The highest BCUT2D eigenvalue weighted by atomic mass is 16.6. The van der Waals surface area contributed by atoms with Gasteiger partial charge in [-0.05, 0) is 12.5 Å². The summed E-state index contributed by atoms with van der Waals surface area (Å²) in [5.41, 5.74) is -2.76. The van der Waals surface area contributed by atoms with Crippen molar-refractivity contribution in [3.8, 4) is 0 Å². The molecule has 11 nitrogen and oxygen atoms in total. The van der Waals surface area contributed by atoms with E-state index in [4.69, 9.17) is 9.47 Å². The molecule has 0 radical (unpaired) electrons. The van der Waals surface area contributed by atoms with Crippen LogP contribution in [0, 0.1) is 20.2 Å². The molecule has 0 aliphatic carbocycles. The van der Waals surface area contributed by atoms with Crippen LogP contribution in [0.3, 0.4) is 0 Å². The molecule has 2 aliphatic rings. The zero-order valence-corrected chi connectivity index (χ0v) is 16.3. The molecule has 0 bridgehead atoms. The van der Waals surface area contributed by atoms with Crippen molar-refractivity contribution in [2.45, 2.75) is 24.1 Å². The maximum Gasteiger partial charge on any atom is 0.326 e. The molecule has 2 fully saturated rings. The first kappa shape index (κ1) is 20.4. The van der Waals surface area contributed by atoms with Crippen LogP contribution in [0.4, 0.5) is 11.4 Å². The van der Waals surface area contributed by atoms with Crippen LogP contribution in [0.5, 0.6) is 0 Å². The first-order valence-corrected chi connectivity index (χ1v) is 9.32. The summed E-state index contributed by atoms with van der Waals surface area (Å²) in [5.74, 6) is -1.66. The number of fused-ring (bicyclic) bond motifs is 1. The zero-order chi connectivity index (χ0) is 22.3. The summed E-state index contributed by atoms with van der Waals surface area (Å²) in [6.45, 7) is 0.130. The van der Waals surface area contributed by atoms with Gasteiger partial charge in [0.05, 0.1) is 41.2 Å². The minimum atomic E-state index is -2.01. The molecule has 0 N–H and O–H groups in total. The molecule has 0 saturated carbocycles. The molecule has 2 saturated heterocycles. The van der Waals surface area contributed by atoms with E-state index in [1.807, 2.05) is 0 Å². The topological polar surface area (TPSA) is 142 Å². The van der Waals surface area contributed by atoms with E-state index in [2.05, 4.69) is 0 Å². The Morgan fingerprint density at radius 2 is 1.87 bits per heavy atom. The number of rotatable bonds is 5. The molecule has 0 unspecified atom stereocenters. The lowest BCUT2D eigenvalue weighted by Gasteiger charge is -2.28. The van der Waals surface area contributed by atoms with E-state index in [0.717, 1.165) is 25.3 Å². The van der Waals surface area contributed by atoms with Gasteiger partial charge in [0.15, 0.2) is 11.6 Å². The Morgan fingerprint density at radius 3 is 2.48 bits per heavy atom. The maximum atomic E-state index is 13.7. The van der Waals surface area contributed by atoms with E-state index >= 15 is 0 Å². The molecule has 2 aliphatic heterocycles. The van der Waals surface area contributed by atoms with Crippen LogP contribution in [-0.2, 0) is 24.5 Å². The predicted octanol–water partition coefficient (Wildman–Crippen LogP) is 2.24. The number of hydrogen-bond acceptors (Lipinski definition) is 8. The van der Waals surface area contributed by atoms with Crippen LogP contribution in [0.2, 0.25) is 0 Å². The summed E-state index contributed by atoms with van der Waals surface area (Å²) in [7, 11) is 1.09. The number of amides is 1. The molecule has 11 heteroatoms. The smallest absolute Gasteiger partial charge is 0.326 e. The average Bonchev–Trinajstić information content (AvgIpc) is 3.31. The van der Waals surface area contributed by atoms with Crippen LogP contribution < -0.4 is 0 Å². The van der Waals surface area contributed by atoms with Crippen LogP contribution in [0.25, 0.3) is 0 Å². The number of ether oxygens (including phenoxy) is 2. The number of esters is 1. The Balaban J connectivity index is 1.86. The molecule has 3 atom stereocenters. The van der Waals surface area contributed by atoms with Gasteiger partial charge in [0.25, 0.3) is 11.4 Å². The third-order valence-corrected chi connectivity index (χ3v) is 5.70.